The van der Waals surface area contributed by atoms with Crippen LogP contribution in [0.4, 0.5) is 0 Å². The zero-order valence-electron chi connectivity index (χ0n) is 16.8. The Morgan fingerprint density at radius 3 is 2.54 bits per heavy atom. The lowest BCUT2D eigenvalue weighted by atomic mass is 9.67. The van der Waals surface area contributed by atoms with Crippen LogP contribution < -0.4 is 0 Å². The largest absolute Gasteiger partial charge is 0.261 e. The first-order chi connectivity index (χ1) is 12.6. The third-order valence-corrected chi connectivity index (χ3v) is 6.89. The fraction of sp³-hybridized carbons (Fsp3) is 0.560. The Balaban J connectivity index is 1.74. The van der Waals surface area contributed by atoms with E-state index >= 15 is 0 Å². The van der Waals surface area contributed by atoms with Gasteiger partial charge in [-0.3, -0.25) is 4.98 Å². The summed E-state index contributed by atoms with van der Waals surface area (Å²) in [5, 5.41) is 0. The number of fused-ring (bicyclic) bond motifs is 2. The minimum Gasteiger partial charge on any atom is -0.261 e. The zero-order chi connectivity index (χ0) is 18.3. The smallest absolute Gasteiger partial charge is 0.0438 e. The SMILES string of the molecule is CC(C)C1CCCc2ccc(C3CCc4ncccc4C3C(C)C)cc21. The molecule has 0 aliphatic heterocycles. The second-order valence-corrected chi connectivity index (χ2v) is 9.16. The first kappa shape index (κ1) is 17.8. The van der Waals surface area contributed by atoms with E-state index in [2.05, 4.69) is 63.0 Å². The van der Waals surface area contributed by atoms with E-state index in [1.165, 1.54) is 36.9 Å². The lowest BCUT2D eigenvalue weighted by Crippen LogP contribution is -2.24. The summed E-state index contributed by atoms with van der Waals surface area (Å²) in [4.78, 5) is 4.69. The van der Waals surface area contributed by atoms with Crippen molar-refractivity contribution in [1.82, 2.24) is 4.98 Å². The van der Waals surface area contributed by atoms with Crippen molar-refractivity contribution in [2.45, 2.75) is 77.6 Å². The zero-order valence-corrected chi connectivity index (χ0v) is 16.8. The van der Waals surface area contributed by atoms with E-state index in [0.717, 1.165) is 18.3 Å². The van der Waals surface area contributed by atoms with Crippen LogP contribution in [0.1, 0.15) is 92.7 Å². The Morgan fingerprint density at radius 2 is 1.77 bits per heavy atom. The fourth-order valence-corrected chi connectivity index (χ4v) is 5.63. The molecule has 0 fully saturated rings. The molecular formula is C25H33N. The van der Waals surface area contributed by atoms with Gasteiger partial charge in [-0.2, -0.15) is 0 Å². The van der Waals surface area contributed by atoms with Gasteiger partial charge in [0.25, 0.3) is 0 Å². The van der Waals surface area contributed by atoms with E-state index < -0.39 is 0 Å². The fourth-order valence-electron chi connectivity index (χ4n) is 5.63. The van der Waals surface area contributed by atoms with E-state index in [4.69, 9.17) is 0 Å². The standard InChI is InChI=1S/C25H33N/c1-16(2)20-8-5-7-18-10-11-19(15-23(18)20)21-12-13-24-22(9-6-14-26-24)25(21)17(3)4/h6,9-11,14-17,20-21,25H,5,7-8,12-13H2,1-4H3. The molecule has 1 nitrogen and oxygen atoms in total. The monoisotopic (exact) mass is 347 g/mol. The lowest BCUT2D eigenvalue weighted by molar-refractivity contribution is 0.375. The number of rotatable bonds is 3. The summed E-state index contributed by atoms with van der Waals surface area (Å²) in [7, 11) is 0. The summed E-state index contributed by atoms with van der Waals surface area (Å²) in [5.74, 6) is 3.34. The molecule has 2 aliphatic rings. The van der Waals surface area contributed by atoms with Crippen LogP contribution in [-0.2, 0) is 12.8 Å². The summed E-state index contributed by atoms with van der Waals surface area (Å²) in [6, 6.07) is 12.0. The van der Waals surface area contributed by atoms with E-state index in [-0.39, 0.29) is 0 Å². The van der Waals surface area contributed by atoms with Crippen molar-refractivity contribution in [1.29, 1.82) is 0 Å². The van der Waals surface area contributed by atoms with E-state index in [9.17, 15) is 0 Å². The number of benzene rings is 1. The summed E-state index contributed by atoms with van der Waals surface area (Å²) in [6.07, 6.45) is 8.30. The third-order valence-electron chi connectivity index (χ3n) is 6.89. The van der Waals surface area contributed by atoms with Gasteiger partial charge < -0.3 is 0 Å². The summed E-state index contributed by atoms with van der Waals surface area (Å²) >= 11 is 0. The Morgan fingerprint density at radius 1 is 0.923 bits per heavy atom. The average molecular weight is 348 g/mol. The molecule has 1 heterocycles. The van der Waals surface area contributed by atoms with Crippen LogP contribution in [-0.4, -0.2) is 4.98 Å². The van der Waals surface area contributed by atoms with Crippen LogP contribution >= 0.6 is 0 Å². The van der Waals surface area contributed by atoms with Crippen LogP contribution in [0.2, 0.25) is 0 Å². The van der Waals surface area contributed by atoms with Crippen LogP contribution in [0.25, 0.3) is 0 Å². The molecule has 3 unspecified atom stereocenters. The molecule has 3 atom stereocenters. The molecule has 2 aromatic rings. The molecule has 0 amide bonds. The van der Waals surface area contributed by atoms with Crippen molar-refractivity contribution >= 4 is 0 Å². The highest BCUT2D eigenvalue weighted by Gasteiger charge is 2.34. The van der Waals surface area contributed by atoms with Gasteiger partial charge in [-0.05, 0) is 90.0 Å². The Labute approximate surface area is 159 Å². The van der Waals surface area contributed by atoms with Crippen LogP contribution in [0, 0.1) is 11.8 Å². The van der Waals surface area contributed by atoms with Gasteiger partial charge in [-0.25, -0.2) is 0 Å². The van der Waals surface area contributed by atoms with E-state index in [1.807, 2.05) is 6.20 Å². The van der Waals surface area contributed by atoms with Gasteiger partial charge in [0.15, 0.2) is 0 Å². The number of aryl methyl sites for hydroxylation is 2. The quantitative estimate of drug-likeness (QED) is 0.607. The molecule has 0 spiro atoms. The van der Waals surface area contributed by atoms with Gasteiger partial charge in [0.2, 0.25) is 0 Å². The van der Waals surface area contributed by atoms with E-state index in [1.54, 1.807) is 16.7 Å². The molecule has 1 aromatic heterocycles. The second-order valence-electron chi connectivity index (χ2n) is 9.16. The molecule has 0 saturated heterocycles. The molecule has 0 bridgehead atoms. The van der Waals surface area contributed by atoms with Gasteiger partial charge in [0.1, 0.15) is 0 Å². The molecule has 4 rings (SSSR count). The Hall–Kier alpha value is -1.63. The van der Waals surface area contributed by atoms with Crippen molar-refractivity contribution in [2.75, 3.05) is 0 Å². The predicted molar refractivity (Wildman–Crippen MR) is 110 cm³/mol. The molecule has 26 heavy (non-hydrogen) atoms. The van der Waals surface area contributed by atoms with Crippen LogP contribution in [0.3, 0.4) is 0 Å². The van der Waals surface area contributed by atoms with E-state index in [0.29, 0.717) is 17.8 Å². The first-order valence-electron chi connectivity index (χ1n) is 10.6. The number of hydrogen-bond donors (Lipinski definition) is 0. The van der Waals surface area contributed by atoms with Crippen LogP contribution in [0.5, 0.6) is 0 Å². The molecule has 0 radical (unpaired) electrons. The number of hydrogen-bond acceptors (Lipinski definition) is 1. The van der Waals surface area contributed by atoms with Crippen molar-refractivity contribution in [3.63, 3.8) is 0 Å². The number of pyridine rings is 1. The van der Waals surface area contributed by atoms with Gasteiger partial charge in [0.05, 0.1) is 0 Å². The summed E-state index contributed by atoms with van der Waals surface area (Å²) in [5.41, 5.74) is 7.67. The molecule has 0 saturated carbocycles. The second kappa shape index (κ2) is 7.18. The van der Waals surface area contributed by atoms with Gasteiger partial charge in [-0.15, -0.1) is 0 Å². The minimum atomic E-state index is 0.589. The maximum Gasteiger partial charge on any atom is 0.0438 e. The lowest BCUT2D eigenvalue weighted by Gasteiger charge is -2.37. The minimum absolute atomic E-state index is 0.589. The number of nitrogens with zero attached hydrogens (tertiary/aromatic N) is 1. The highest BCUT2D eigenvalue weighted by atomic mass is 14.7. The Bertz CT molecular complexity index is 773. The highest BCUT2D eigenvalue weighted by Crippen LogP contribution is 2.47. The van der Waals surface area contributed by atoms with Crippen molar-refractivity contribution in [3.05, 3.63) is 64.5 Å². The Kier molecular flexibility index (Phi) is 4.90. The first-order valence-corrected chi connectivity index (χ1v) is 10.6. The summed E-state index contributed by atoms with van der Waals surface area (Å²) < 4.78 is 0. The predicted octanol–water partition coefficient (Wildman–Crippen LogP) is 6.63. The molecule has 2 aliphatic carbocycles. The topological polar surface area (TPSA) is 12.9 Å². The normalized spacial score (nSPS) is 25.2. The molecule has 1 aromatic carbocycles. The molecule has 0 N–H and O–H groups in total. The van der Waals surface area contributed by atoms with Crippen molar-refractivity contribution in [2.24, 2.45) is 11.8 Å². The molecule has 138 valence electrons. The summed E-state index contributed by atoms with van der Waals surface area (Å²) in [6.45, 7) is 9.56. The van der Waals surface area contributed by atoms with Crippen LogP contribution in [0.15, 0.2) is 36.5 Å². The third kappa shape index (κ3) is 3.10. The maximum atomic E-state index is 4.69. The molecule has 1 heteroatoms. The van der Waals surface area contributed by atoms with Crippen molar-refractivity contribution < 1.29 is 0 Å². The maximum absolute atomic E-state index is 4.69. The number of aromatic nitrogens is 1. The van der Waals surface area contributed by atoms with Gasteiger partial charge in [-0.1, -0.05) is 52.0 Å². The average Bonchev–Trinajstić information content (AvgIpc) is 2.65. The van der Waals surface area contributed by atoms with Gasteiger partial charge in [0, 0.05) is 11.9 Å². The van der Waals surface area contributed by atoms with Crippen molar-refractivity contribution in [3.8, 4) is 0 Å². The molecular weight excluding hydrogens is 314 g/mol. The van der Waals surface area contributed by atoms with Gasteiger partial charge >= 0.3 is 0 Å². The highest BCUT2D eigenvalue weighted by molar-refractivity contribution is 5.41.